The standard InChI is InChI=1S/C22H40N4O3S/c1-6-23-22(24-14-19(11-12-27)13-17(2)3)25-15-20-9-7-8-10-21(20)16-30(28,29)26-18(4)5/h7-10,17-19,26-27H,6,11-16H2,1-5H3,(H2,23,24,25). The second kappa shape index (κ2) is 13.6. The molecule has 0 aromatic heterocycles. The molecular formula is C22H40N4O3S. The molecule has 1 aromatic rings. The molecule has 0 saturated carbocycles. The number of aliphatic imine (C=N–C) groups is 1. The third kappa shape index (κ3) is 10.9. The molecule has 0 aliphatic rings. The van der Waals surface area contributed by atoms with Gasteiger partial charge >= 0.3 is 0 Å². The summed E-state index contributed by atoms with van der Waals surface area (Å²) < 4.78 is 27.3. The number of hydrogen-bond acceptors (Lipinski definition) is 4. The fraction of sp³-hybridized carbons (Fsp3) is 0.682. The molecule has 0 fully saturated rings. The zero-order valence-electron chi connectivity index (χ0n) is 19.1. The summed E-state index contributed by atoms with van der Waals surface area (Å²) in [6, 6.07) is 7.37. The van der Waals surface area contributed by atoms with Crippen LogP contribution in [0.2, 0.25) is 0 Å². The van der Waals surface area contributed by atoms with E-state index in [0.29, 0.717) is 24.3 Å². The van der Waals surface area contributed by atoms with Crippen LogP contribution in [-0.2, 0) is 22.3 Å². The molecule has 8 heteroatoms. The molecule has 7 nitrogen and oxygen atoms in total. The minimum absolute atomic E-state index is 0.0617. The molecule has 30 heavy (non-hydrogen) atoms. The van der Waals surface area contributed by atoms with Crippen LogP contribution in [0.3, 0.4) is 0 Å². The smallest absolute Gasteiger partial charge is 0.216 e. The summed E-state index contributed by atoms with van der Waals surface area (Å²) in [6.45, 7) is 12.0. The largest absolute Gasteiger partial charge is 0.396 e. The highest BCUT2D eigenvalue weighted by Gasteiger charge is 2.15. The van der Waals surface area contributed by atoms with Crippen molar-refractivity contribution < 1.29 is 13.5 Å². The minimum atomic E-state index is -3.40. The van der Waals surface area contributed by atoms with Gasteiger partial charge < -0.3 is 15.7 Å². The fourth-order valence-corrected chi connectivity index (χ4v) is 4.85. The molecule has 0 radical (unpaired) electrons. The van der Waals surface area contributed by atoms with Gasteiger partial charge in [-0.15, -0.1) is 0 Å². The van der Waals surface area contributed by atoms with Crippen LogP contribution in [0.5, 0.6) is 0 Å². The van der Waals surface area contributed by atoms with Crippen molar-refractivity contribution in [1.29, 1.82) is 0 Å². The molecule has 0 heterocycles. The van der Waals surface area contributed by atoms with Gasteiger partial charge in [0.1, 0.15) is 0 Å². The Kier molecular flexibility index (Phi) is 12.0. The van der Waals surface area contributed by atoms with E-state index in [1.54, 1.807) is 0 Å². The molecule has 0 amide bonds. The molecule has 0 aliphatic heterocycles. The molecule has 4 N–H and O–H groups in total. The van der Waals surface area contributed by atoms with Gasteiger partial charge in [0, 0.05) is 25.7 Å². The normalized spacial score (nSPS) is 13.7. The van der Waals surface area contributed by atoms with Crippen LogP contribution in [0.1, 0.15) is 58.6 Å². The van der Waals surface area contributed by atoms with Crippen LogP contribution in [-0.4, -0.2) is 45.2 Å². The lowest BCUT2D eigenvalue weighted by Crippen LogP contribution is -2.40. The third-order valence-electron chi connectivity index (χ3n) is 4.53. The van der Waals surface area contributed by atoms with E-state index < -0.39 is 10.0 Å². The highest BCUT2D eigenvalue weighted by molar-refractivity contribution is 7.88. The van der Waals surface area contributed by atoms with Crippen LogP contribution >= 0.6 is 0 Å². The molecule has 1 atom stereocenters. The molecule has 0 saturated heterocycles. The summed E-state index contributed by atoms with van der Waals surface area (Å²) in [5, 5.41) is 15.9. The van der Waals surface area contributed by atoms with Crippen molar-refractivity contribution in [2.45, 2.75) is 65.8 Å². The molecule has 0 aliphatic carbocycles. The third-order valence-corrected chi connectivity index (χ3v) is 6.05. The molecule has 0 bridgehead atoms. The van der Waals surface area contributed by atoms with Gasteiger partial charge in [0.05, 0.1) is 12.3 Å². The Labute approximate surface area is 182 Å². The van der Waals surface area contributed by atoms with E-state index in [-0.39, 0.29) is 18.4 Å². The van der Waals surface area contributed by atoms with E-state index >= 15 is 0 Å². The van der Waals surface area contributed by atoms with Crippen LogP contribution in [0.4, 0.5) is 0 Å². The van der Waals surface area contributed by atoms with Crippen LogP contribution < -0.4 is 15.4 Å². The predicted octanol–water partition coefficient (Wildman–Crippen LogP) is 2.61. The van der Waals surface area contributed by atoms with E-state index in [2.05, 4.69) is 34.2 Å². The van der Waals surface area contributed by atoms with Crippen molar-refractivity contribution in [3.8, 4) is 0 Å². The van der Waals surface area contributed by atoms with Crippen LogP contribution in [0, 0.1) is 11.8 Å². The number of hydrogen-bond donors (Lipinski definition) is 4. The highest BCUT2D eigenvalue weighted by Crippen LogP contribution is 2.15. The maximum atomic E-state index is 12.3. The van der Waals surface area contributed by atoms with Crippen LogP contribution in [0.25, 0.3) is 0 Å². The van der Waals surface area contributed by atoms with Crippen molar-refractivity contribution in [2.75, 3.05) is 19.7 Å². The van der Waals surface area contributed by atoms with Crippen LogP contribution in [0.15, 0.2) is 29.3 Å². The zero-order valence-corrected chi connectivity index (χ0v) is 19.9. The lowest BCUT2D eigenvalue weighted by molar-refractivity contribution is 0.243. The topological polar surface area (TPSA) is 103 Å². The average Bonchev–Trinajstić information content (AvgIpc) is 2.63. The van der Waals surface area contributed by atoms with E-state index in [1.165, 1.54) is 0 Å². The Morgan fingerprint density at radius 3 is 2.33 bits per heavy atom. The number of aliphatic hydroxyl groups is 1. The van der Waals surface area contributed by atoms with Gasteiger partial charge in [0.15, 0.2) is 5.96 Å². The monoisotopic (exact) mass is 440 g/mol. The fourth-order valence-electron chi connectivity index (χ4n) is 3.36. The Hall–Kier alpha value is -1.64. The quantitative estimate of drug-likeness (QED) is 0.279. The molecular weight excluding hydrogens is 400 g/mol. The first kappa shape index (κ1) is 26.4. The average molecular weight is 441 g/mol. The number of sulfonamides is 1. The van der Waals surface area contributed by atoms with Gasteiger partial charge in [-0.3, -0.25) is 0 Å². The summed E-state index contributed by atoms with van der Waals surface area (Å²) >= 11 is 0. The first-order valence-electron chi connectivity index (χ1n) is 10.9. The number of benzene rings is 1. The number of guanidine groups is 1. The Bertz CT molecular complexity index is 749. The molecule has 1 unspecified atom stereocenters. The second-order valence-corrected chi connectivity index (χ2v) is 10.1. The zero-order chi connectivity index (χ0) is 22.6. The summed E-state index contributed by atoms with van der Waals surface area (Å²) in [6.07, 6.45) is 1.80. The Morgan fingerprint density at radius 1 is 1.10 bits per heavy atom. The summed E-state index contributed by atoms with van der Waals surface area (Å²) in [4.78, 5) is 4.66. The lowest BCUT2D eigenvalue weighted by Gasteiger charge is -2.20. The molecule has 0 spiro atoms. The highest BCUT2D eigenvalue weighted by atomic mass is 32.2. The summed E-state index contributed by atoms with van der Waals surface area (Å²) in [7, 11) is -3.40. The maximum absolute atomic E-state index is 12.3. The summed E-state index contributed by atoms with van der Waals surface area (Å²) in [5.74, 6) is 1.57. The SMILES string of the molecule is CCNC(=NCc1ccccc1CS(=O)(=O)NC(C)C)NCC(CCO)CC(C)C. The second-order valence-electron chi connectivity index (χ2n) is 8.38. The van der Waals surface area contributed by atoms with Crippen molar-refractivity contribution in [3.05, 3.63) is 35.4 Å². The van der Waals surface area contributed by atoms with Gasteiger partial charge in [-0.05, 0) is 56.6 Å². The van der Waals surface area contributed by atoms with Gasteiger partial charge in [-0.25, -0.2) is 18.1 Å². The first-order valence-corrected chi connectivity index (χ1v) is 12.5. The van der Waals surface area contributed by atoms with Crippen molar-refractivity contribution in [1.82, 2.24) is 15.4 Å². The minimum Gasteiger partial charge on any atom is -0.396 e. The molecule has 172 valence electrons. The van der Waals surface area contributed by atoms with Crippen molar-refractivity contribution in [3.63, 3.8) is 0 Å². The Balaban J connectivity index is 2.87. The molecule has 1 aromatic carbocycles. The van der Waals surface area contributed by atoms with Gasteiger partial charge in [0.25, 0.3) is 0 Å². The number of aliphatic hydroxyl groups excluding tert-OH is 1. The number of nitrogens with zero attached hydrogens (tertiary/aromatic N) is 1. The molecule has 1 rings (SSSR count). The van der Waals surface area contributed by atoms with Gasteiger partial charge in [-0.1, -0.05) is 38.1 Å². The van der Waals surface area contributed by atoms with Crippen molar-refractivity contribution in [2.24, 2.45) is 16.8 Å². The van der Waals surface area contributed by atoms with E-state index in [4.69, 9.17) is 0 Å². The van der Waals surface area contributed by atoms with E-state index in [1.807, 2.05) is 45.0 Å². The van der Waals surface area contributed by atoms with E-state index in [9.17, 15) is 13.5 Å². The lowest BCUT2D eigenvalue weighted by atomic mass is 9.94. The number of rotatable bonds is 13. The van der Waals surface area contributed by atoms with Gasteiger partial charge in [-0.2, -0.15) is 0 Å². The predicted molar refractivity (Wildman–Crippen MR) is 125 cm³/mol. The Morgan fingerprint density at radius 2 is 1.77 bits per heavy atom. The maximum Gasteiger partial charge on any atom is 0.216 e. The first-order chi connectivity index (χ1) is 14.2. The summed E-state index contributed by atoms with van der Waals surface area (Å²) in [5.41, 5.74) is 1.64. The number of nitrogens with one attached hydrogen (secondary N) is 3. The van der Waals surface area contributed by atoms with E-state index in [0.717, 1.165) is 37.1 Å². The van der Waals surface area contributed by atoms with Gasteiger partial charge in [0.2, 0.25) is 10.0 Å². The van der Waals surface area contributed by atoms with Crippen molar-refractivity contribution >= 4 is 16.0 Å².